The third-order valence-electron chi connectivity index (χ3n) is 6.00. The molecule has 1 aromatic heterocycles. The fraction of sp³-hybridized carbons (Fsp3) is 0.583. The number of aromatic nitrogens is 2. The van der Waals surface area contributed by atoms with Gasteiger partial charge in [0.2, 0.25) is 5.88 Å². The number of Topliss-reactive ketones (excluding diaryl/α,β-unsaturated/α-hetero) is 2. The van der Waals surface area contributed by atoms with Gasteiger partial charge in [-0.3, -0.25) is 9.59 Å². The number of hydrogen-bond donors (Lipinski definition) is 1. The molecule has 1 aromatic rings. The molecule has 3 rings (SSSR count). The summed E-state index contributed by atoms with van der Waals surface area (Å²) in [5.74, 6) is -0.281. The molecule has 2 heterocycles. The van der Waals surface area contributed by atoms with Gasteiger partial charge in [0.25, 0.3) is 0 Å². The predicted molar refractivity (Wildman–Crippen MR) is 126 cm³/mol. The van der Waals surface area contributed by atoms with Gasteiger partial charge in [-0.2, -0.15) is 4.98 Å². The average Bonchev–Trinajstić information content (AvgIpc) is 3.21. The monoisotopic (exact) mass is 460 g/mol. The summed E-state index contributed by atoms with van der Waals surface area (Å²) < 4.78 is 5.87. The molecule has 1 saturated heterocycles. The molecule has 8 heteroatoms. The lowest BCUT2D eigenvalue weighted by atomic mass is 9.81. The number of nitrogens with two attached hydrogens (primary N) is 1. The zero-order valence-corrected chi connectivity index (χ0v) is 19.7. The Hall–Kier alpha value is -2.43. The highest BCUT2D eigenvalue weighted by molar-refractivity contribution is 6.29. The number of allylic oxidation sites excluding steroid dienone is 1. The number of likely N-dealkylation sites (tertiary alicyclic amines) is 1. The highest BCUT2D eigenvalue weighted by Crippen LogP contribution is 2.28. The Balaban J connectivity index is 0.00000176. The van der Waals surface area contributed by atoms with Gasteiger partial charge in [0, 0.05) is 24.1 Å². The second-order valence-corrected chi connectivity index (χ2v) is 8.60. The minimum Gasteiger partial charge on any atom is -0.476 e. The van der Waals surface area contributed by atoms with E-state index in [4.69, 9.17) is 22.1 Å². The Kier molecular flexibility index (Phi) is 10.1. The molecule has 2 aliphatic rings. The van der Waals surface area contributed by atoms with Crippen LogP contribution in [0, 0.1) is 18.8 Å². The molecule has 2 atom stereocenters. The molecule has 174 valence electrons. The second-order valence-electron chi connectivity index (χ2n) is 8.21. The van der Waals surface area contributed by atoms with Crippen LogP contribution in [0.3, 0.4) is 0 Å². The first-order valence-corrected chi connectivity index (χ1v) is 11.5. The molecule has 32 heavy (non-hydrogen) atoms. The molecule has 0 unspecified atom stereocenters. The third-order valence-corrected chi connectivity index (χ3v) is 6.19. The summed E-state index contributed by atoms with van der Waals surface area (Å²) >= 11 is 6.19. The van der Waals surface area contributed by atoms with Gasteiger partial charge in [-0.25, -0.2) is 4.98 Å². The van der Waals surface area contributed by atoms with Gasteiger partial charge >= 0.3 is 0 Å². The SMILES string of the molecule is C#C.CCC/C(C(=O)[C@H]1CCCCC1=O)=C(/N)c1nc(Cl)cc(OC[C@@H]2CCCN2C)n1. The third kappa shape index (κ3) is 6.54. The van der Waals surface area contributed by atoms with Gasteiger partial charge < -0.3 is 15.4 Å². The predicted octanol–water partition coefficient (Wildman–Crippen LogP) is 3.65. The largest absolute Gasteiger partial charge is 0.476 e. The van der Waals surface area contributed by atoms with Gasteiger partial charge in [-0.1, -0.05) is 31.4 Å². The number of ether oxygens (including phenoxy) is 1. The highest BCUT2D eigenvalue weighted by atomic mass is 35.5. The Morgan fingerprint density at radius 3 is 2.66 bits per heavy atom. The van der Waals surface area contributed by atoms with Crippen LogP contribution in [0.1, 0.15) is 64.1 Å². The van der Waals surface area contributed by atoms with E-state index < -0.39 is 5.92 Å². The summed E-state index contributed by atoms with van der Waals surface area (Å²) in [6, 6.07) is 1.89. The van der Waals surface area contributed by atoms with Crippen LogP contribution in [-0.2, 0) is 9.59 Å². The van der Waals surface area contributed by atoms with E-state index in [0.29, 0.717) is 43.4 Å². The van der Waals surface area contributed by atoms with Crippen molar-refractivity contribution in [3.8, 4) is 18.7 Å². The second kappa shape index (κ2) is 12.6. The van der Waals surface area contributed by atoms with E-state index in [-0.39, 0.29) is 28.2 Å². The molecule has 1 aliphatic carbocycles. The van der Waals surface area contributed by atoms with E-state index in [1.165, 1.54) is 0 Å². The summed E-state index contributed by atoms with van der Waals surface area (Å²) in [6.07, 6.45) is 14.2. The number of ketones is 2. The molecule has 0 aromatic carbocycles. The van der Waals surface area contributed by atoms with Crippen LogP contribution < -0.4 is 10.5 Å². The number of carbonyl (C=O) groups is 2. The number of carbonyl (C=O) groups excluding carboxylic acids is 2. The van der Waals surface area contributed by atoms with Crippen molar-refractivity contribution >= 4 is 28.9 Å². The first kappa shape index (κ1) is 25.8. The molecule has 1 aliphatic heterocycles. The summed E-state index contributed by atoms with van der Waals surface area (Å²) in [4.78, 5) is 36.3. The highest BCUT2D eigenvalue weighted by Gasteiger charge is 2.32. The normalized spacial score (nSPS) is 22.0. The first-order valence-electron chi connectivity index (χ1n) is 11.2. The number of rotatable bonds is 8. The molecule has 1 saturated carbocycles. The summed E-state index contributed by atoms with van der Waals surface area (Å²) in [6.45, 7) is 3.53. The van der Waals surface area contributed by atoms with Crippen LogP contribution in [0.2, 0.25) is 5.15 Å². The fourth-order valence-electron chi connectivity index (χ4n) is 4.21. The first-order chi connectivity index (χ1) is 15.4. The minimum absolute atomic E-state index is 0.00405. The van der Waals surface area contributed by atoms with Gasteiger partial charge in [-0.15, -0.1) is 12.8 Å². The zero-order chi connectivity index (χ0) is 23.7. The van der Waals surface area contributed by atoms with Crippen LogP contribution in [0.15, 0.2) is 11.6 Å². The maximum absolute atomic E-state index is 13.1. The van der Waals surface area contributed by atoms with E-state index in [1.807, 2.05) is 6.92 Å². The Labute approximate surface area is 195 Å². The molecular formula is C24H33ClN4O3. The molecule has 7 nitrogen and oxygen atoms in total. The summed E-state index contributed by atoms with van der Waals surface area (Å²) in [5, 5.41) is 0.203. The van der Waals surface area contributed by atoms with Crippen molar-refractivity contribution in [3.05, 3.63) is 22.6 Å². The van der Waals surface area contributed by atoms with E-state index in [0.717, 1.165) is 38.6 Å². The van der Waals surface area contributed by atoms with E-state index in [2.05, 4.69) is 34.8 Å². The van der Waals surface area contributed by atoms with Crippen molar-refractivity contribution in [1.29, 1.82) is 0 Å². The van der Waals surface area contributed by atoms with Crippen LogP contribution in [0.4, 0.5) is 0 Å². The maximum atomic E-state index is 13.1. The van der Waals surface area contributed by atoms with Crippen molar-refractivity contribution in [3.63, 3.8) is 0 Å². The van der Waals surface area contributed by atoms with E-state index in [9.17, 15) is 9.59 Å². The van der Waals surface area contributed by atoms with E-state index >= 15 is 0 Å². The molecule has 0 radical (unpaired) electrons. The number of nitrogens with zero attached hydrogens (tertiary/aromatic N) is 3. The minimum atomic E-state index is -0.605. The lowest BCUT2D eigenvalue weighted by Crippen LogP contribution is -2.31. The average molecular weight is 461 g/mol. The van der Waals surface area contributed by atoms with E-state index in [1.54, 1.807) is 6.07 Å². The van der Waals surface area contributed by atoms with Crippen molar-refractivity contribution < 1.29 is 14.3 Å². The number of likely N-dealkylation sites (N-methyl/N-ethyl adjacent to an activating group) is 1. The quantitative estimate of drug-likeness (QED) is 0.273. The topological polar surface area (TPSA) is 98.4 Å². The molecule has 0 amide bonds. The molecule has 2 N–H and O–H groups in total. The lowest BCUT2D eigenvalue weighted by Gasteiger charge is -2.21. The van der Waals surface area contributed by atoms with Crippen LogP contribution in [0.25, 0.3) is 5.70 Å². The van der Waals surface area contributed by atoms with Crippen molar-refractivity contribution in [2.75, 3.05) is 20.2 Å². The summed E-state index contributed by atoms with van der Waals surface area (Å²) in [7, 11) is 2.08. The number of halogens is 1. The zero-order valence-electron chi connectivity index (χ0n) is 19.0. The molecule has 2 fully saturated rings. The Morgan fingerprint density at radius 2 is 2.03 bits per heavy atom. The fourth-order valence-corrected chi connectivity index (χ4v) is 4.38. The number of hydrogen-bond acceptors (Lipinski definition) is 7. The molecule has 0 bridgehead atoms. The van der Waals surface area contributed by atoms with Gasteiger partial charge in [0.15, 0.2) is 11.6 Å². The van der Waals surface area contributed by atoms with Gasteiger partial charge in [0.05, 0.1) is 11.6 Å². The van der Waals surface area contributed by atoms with Crippen molar-refractivity contribution in [1.82, 2.24) is 14.9 Å². The van der Waals surface area contributed by atoms with Gasteiger partial charge in [0.1, 0.15) is 17.5 Å². The Bertz CT molecular complexity index is 868. The Morgan fingerprint density at radius 1 is 1.28 bits per heavy atom. The maximum Gasteiger partial charge on any atom is 0.218 e. The lowest BCUT2D eigenvalue weighted by molar-refractivity contribution is -0.132. The summed E-state index contributed by atoms with van der Waals surface area (Å²) in [5.41, 5.74) is 6.96. The van der Waals surface area contributed by atoms with Gasteiger partial charge in [-0.05, 0) is 45.7 Å². The van der Waals surface area contributed by atoms with Crippen LogP contribution >= 0.6 is 11.6 Å². The smallest absolute Gasteiger partial charge is 0.218 e. The van der Waals surface area contributed by atoms with Crippen molar-refractivity contribution in [2.45, 2.75) is 64.3 Å². The molecular weight excluding hydrogens is 428 g/mol. The van der Waals surface area contributed by atoms with Crippen LogP contribution in [-0.4, -0.2) is 52.7 Å². The van der Waals surface area contributed by atoms with Crippen molar-refractivity contribution in [2.24, 2.45) is 11.7 Å². The standard InChI is InChI=1S/C22H31ClN4O3.C2H2/c1-3-7-16(21(29)15-9-4-5-10-17(15)28)20(24)22-25-18(23)12-19(26-22)30-13-14-8-6-11-27(14)2;1-2/h12,14-15H,3-11,13,24H2,1-2H3;1-2H/b20-16-;/t14-,15-;/m0./s1. The molecule has 0 spiro atoms. The number of terminal acetylenes is 1. The van der Waals surface area contributed by atoms with Crippen LogP contribution in [0.5, 0.6) is 5.88 Å².